The third-order valence-corrected chi connectivity index (χ3v) is 3.49. The molecule has 0 N–H and O–H groups in total. The number of halogens is 1. The number of ether oxygens (including phenoxy) is 2. The average Bonchev–Trinajstić information content (AvgIpc) is 2.47. The number of benzene rings is 1. The number of rotatable bonds is 6. The summed E-state index contributed by atoms with van der Waals surface area (Å²) in [7, 11) is 3.22. The number of nitriles is 1. The first-order valence-electron chi connectivity index (χ1n) is 6.87. The Kier molecular flexibility index (Phi) is 7.18. The third kappa shape index (κ3) is 4.63. The maximum Gasteiger partial charge on any atom is 0.264 e. The van der Waals surface area contributed by atoms with Crippen LogP contribution in [0.25, 0.3) is 6.08 Å². The van der Waals surface area contributed by atoms with Gasteiger partial charge in [0.15, 0.2) is 11.5 Å². The molecule has 5 nitrogen and oxygen atoms in total. The molecule has 0 aliphatic rings. The Hall–Kier alpha value is -1.75. The zero-order valence-corrected chi connectivity index (χ0v) is 15.3. The number of nitrogens with zero attached hydrogens (tertiary/aromatic N) is 2. The van der Waals surface area contributed by atoms with E-state index in [0.29, 0.717) is 24.7 Å². The van der Waals surface area contributed by atoms with Crippen LogP contribution in [0, 0.1) is 14.9 Å². The van der Waals surface area contributed by atoms with Crippen LogP contribution >= 0.6 is 22.6 Å². The van der Waals surface area contributed by atoms with Crippen molar-refractivity contribution in [3.63, 3.8) is 0 Å². The lowest BCUT2D eigenvalue weighted by atomic mass is 10.1. The van der Waals surface area contributed by atoms with E-state index >= 15 is 0 Å². The molecule has 0 aromatic heterocycles. The minimum Gasteiger partial charge on any atom is -0.490 e. The molecule has 1 aromatic carbocycles. The molecule has 0 radical (unpaired) electrons. The van der Waals surface area contributed by atoms with E-state index in [0.717, 1.165) is 9.13 Å². The first-order valence-corrected chi connectivity index (χ1v) is 7.95. The minimum absolute atomic E-state index is 0.0763. The highest BCUT2D eigenvalue weighted by atomic mass is 127. The lowest BCUT2D eigenvalue weighted by Gasteiger charge is -2.14. The summed E-state index contributed by atoms with van der Waals surface area (Å²) in [5, 5.41) is 9.16. The molecule has 0 aliphatic carbocycles. The molecule has 0 saturated heterocycles. The van der Waals surface area contributed by atoms with Gasteiger partial charge < -0.3 is 14.4 Å². The van der Waals surface area contributed by atoms with E-state index in [1.165, 1.54) is 4.90 Å². The van der Waals surface area contributed by atoms with Gasteiger partial charge in [-0.2, -0.15) is 5.26 Å². The first-order chi connectivity index (χ1) is 10.4. The van der Waals surface area contributed by atoms with Crippen molar-refractivity contribution >= 4 is 34.6 Å². The summed E-state index contributed by atoms with van der Waals surface area (Å²) in [4.78, 5) is 13.3. The SMILES string of the molecule is CCOc1cc(/C=C(/C#N)C(=O)N(C)C)cc(I)c1OCC. The summed E-state index contributed by atoms with van der Waals surface area (Å²) >= 11 is 2.15. The van der Waals surface area contributed by atoms with Crippen molar-refractivity contribution in [1.82, 2.24) is 4.90 Å². The quantitative estimate of drug-likeness (QED) is 0.408. The van der Waals surface area contributed by atoms with Crippen molar-refractivity contribution in [2.24, 2.45) is 0 Å². The van der Waals surface area contributed by atoms with E-state index in [2.05, 4.69) is 22.6 Å². The highest BCUT2D eigenvalue weighted by molar-refractivity contribution is 14.1. The van der Waals surface area contributed by atoms with Gasteiger partial charge in [-0.15, -0.1) is 0 Å². The number of likely N-dealkylation sites (N-methyl/N-ethyl adjacent to an activating group) is 1. The van der Waals surface area contributed by atoms with Gasteiger partial charge in [0.25, 0.3) is 5.91 Å². The van der Waals surface area contributed by atoms with Crippen molar-refractivity contribution in [3.8, 4) is 17.6 Å². The van der Waals surface area contributed by atoms with Crippen LogP contribution in [0.2, 0.25) is 0 Å². The van der Waals surface area contributed by atoms with E-state index in [1.807, 2.05) is 26.0 Å². The molecule has 0 unspecified atom stereocenters. The highest BCUT2D eigenvalue weighted by Crippen LogP contribution is 2.35. The summed E-state index contributed by atoms with van der Waals surface area (Å²) in [6.07, 6.45) is 1.56. The van der Waals surface area contributed by atoms with Crippen LogP contribution in [0.3, 0.4) is 0 Å². The fourth-order valence-electron chi connectivity index (χ4n) is 1.77. The number of hydrogen-bond acceptors (Lipinski definition) is 4. The Bertz CT molecular complexity index is 619. The molecular weight excluding hydrogens is 395 g/mol. The second-order valence-electron chi connectivity index (χ2n) is 4.57. The van der Waals surface area contributed by atoms with Gasteiger partial charge in [-0.25, -0.2) is 0 Å². The van der Waals surface area contributed by atoms with E-state index in [1.54, 1.807) is 26.2 Å². The Balaban J connectivity index is 3.31. The number of carbonyl (C=O) groups is 1. The molecule has 0 spiro atoms. The van der Waals surface area contributed by atoms with Gasteiger partial charge in [0.2, 0.25) is 0 Å². The molecule has 0 fully saturated rings. The molecular formula is C16H19IN2O3. The second kappa shape index (κ2) is 8.63. The molecule has 1 aromatic rings. The van der Waals surface area contributed by atoms with E-state index < -0.39 is 0 Å². The average molecular weight is 414 g/mol. The van der Waals surface area contributed by atoms with Crippen LogP contribution in [0.15, 0.2) is 17.7 Å². The van der Waals surface area contributed by atoms with Crippen LogP contribution in [-0.4, -0.2) is 38.1 Å². The largest absolute Gasteiger partial charge is 0.490 e. The molecule has 6 heteroatoms. The van der Waals surface area contributed by atoms with Crippen molar-refractivity contribution < 1.29 is 14.3 Å². The van der Waals surface area contributed by atoms with Crippen LogP contribution in [0.5, 0.6) is 11.5 Å². The maximum atomic E-state index is 11.9. The fourth-order valence-corrected chi connectivity index (χ4v) is 2.55. The topological polar surface area (TPSA) is 62.6 Å². The van der Waals surface area contributed by atoms with Crippen LogP contribution in [0.4, 0.5) is 0 Å². The van der Waals surface area contributed by atoms with Crippen molar-refractivity contribution in [1.29, 1.82) is 5.26 Å². The Morgan fingerprint density at radius 2 is 1.95 bits per heavy atom. The van der Waals surface area contributed by atoms with Crippen LogP contribution in [0.1, 0.15) is 19.4 Å². The number of amides is 1. The zero-order chi connectivity index (χ0) is 16.7. The fraction of sp³-hybridized carbons (Fsp3) is 0.375. The van der Waals surface area contributed by atoms with Gasteiger partial charge in [-0.1, -0.05) is 0 Å². The minimum atomic E-state index is -0.329. The first kappa shape index (κ1) is 18.3. The molecule has 0 saturated carbocycles. The lowest BCUT2D eigenvalue weighted by Crippen LogP contribution is -2.22. The summed E-state index contributed by atoms with van der Waals surface area (Å²) in [6, 6.07) is 5.57. The zero-order valence-electron chi connectivity index (χ0n) is 13.1. The van der Waals surface area contributed by atoms with Gasteiger partial charge >= 0.3 is 0 Å². The third-order valence-electron chi connectivity index (χ3n) is 2.69. The second-order valence-corrected chi connectivity index (χ2v) is 5.73. The molecule has 0 heterocycles. The molecule has 0 bridgehead atoms. The molecule has 1 rings (SSSR count). The van der Waals surface area contributed by atoms with Crippen LogP contribution < -0.4 is 9.47 Å². The van der Waals surface area contributed by atoms with E-state index in [9.17, 15) is 4.79 Å². The van der Waals surface area contributed by atoms with Crippen molar-refractivity contribution in [3.05, 3.63) is 26.8 Å². The standard InChI is InChI=1S/C16H19IN2O3/c1-5-21-14-9-11(8-13(17)15(14)22-6-2)7-12(10-18)16(20)19(3)4/h7-9H,5-6H2,1-4H3/b12-7-. The molecule has 118 valence electrons. The number of hydrogen-bond donors (Lipinski definition) is 0. The van der Waals surface area contributed by atoms with Gasteiger partial charge in [0, 0.05) is 14.1 Å². The van der Waals surface area contributed by atoms with Gasteiger partial charge in [0.1, 0.15) is 11.6 Å². The molecule has 22 heavy (non-hydrogen) atoms. The van der Waals surface area contributed by atoms with E-state index in [4.69, 9.17) is 14.7 Å². The van der Waals surface area contributed by atoms with Gasteiger partial charge in [0.05, 0.1) is 16.8 Å². The number of carbonyl (C=O) groups excluding carboxylic acids is 1. The maximum absolute atomic E-state index is 11.9. The van der Waals surface area contributed by atoms with Crippen LogP contribution in [-0.2, 0) is 4.79 Å². The predicted molar refractivity (Wildman–Crippen MR) is 93.8 cm³/mol. The molecule has 0 aliphatic heterocycles. The summed E-state index contributed by atoms with van der Waals surface area (Å²) in [6.45, 7) is 4.84. The normalized spacial score (nSPS) is 10.8. The summed E-state index contributed by atoms with van der Waals surface area (Å²) in [5.41, 5.74) is 0.801. The van der Waals surface area contributed by atoms with Crippen molar-refractivity contribution in [2.45, 2.75) is 13.8 Å². The molecule has 1 amide bonds. The van der Waals surface area contributed by atoms with E-state index in [-0.39, 0.29) is 11.5 Å². The van der Waals surface area contributed by atoms with Crippen molar-refractivity contribution in [2.75, 3.05) is 27.3 Å². The summed E-state index contributed by atoms with van der Waals surface area (Å²) < 4.78 is 12.1. The van der Waals surface area contributed by atoms with Gasteiger partial charge in [-0.3, -0.25) is 4.79 Å². The lowest BCUT2D eigenvalue weighted by molar-refractivity contribution is -0.124. The molecule has 0 atom stereocenters. The predicted octanol–water partition coefficient (Wildman–Crippen LogP) is 3.08. The van der Waals surface area contributed by atoms with Gasteiger partial charge in [-0.05, 0) is 60.2 Å². The Morgan fingerprint density at radius 3 is 2.45 bits per heavy atom. The Labute approximate surface area is 144 Å². The monoisotopic (exact) mass is 414 g/mol. The summed E-state index contributed by atoms with van der Waals surface area (Å²) in [5.74, 6) is 0.959. The Morgan fingerprint density at radius 1 is 1.32 bits per heavy atom. The smallest absolute Gasteiger partial charge is 0.264 e. The highest BCUT2D eigenvalue weighted by Gasteiger charge is 2.14.